The van der Waals surface area contributed by atoms with Crippen LogP contribution < -0.4 is 14.4 Å². The van der Waals surface area contributed by atoms with E-state index in [0.717, 1.165) is 22.7 Å². The van der Waals surface area contributed by atoms with Crippen molar-refractivity contribution in [3.63, 3.8) is 0 Å². The number of ether oxygens (including phenoxy) is 1. The molecule has 0 saturated heterocycles. The van der Waals surface area contributed by atoms with E-state index in [2.05, 4.69) is 5.32 Å². The van der Waals surface area contributed by atoms with Gasteiger partial charge in [0.05, 0.1) is 18.3 Å². The number of carbonyl (C=O) groups excluding carboxylic acids is 2. The molecule has 0 aromatic heterocycles. The van der Waals surface area contributed by atoms with Crippen LogP contribution in [0.3, 0.4) is 0 Å². The standard InChI is InChI=1S/C25H32Cl2N4O7S/c1-6-21(25(33)28-13-16(2)3)29(14-17-7-8-18(26)11-20(17)27)24(32)15-30(39(5,36)37)22-12-19(31(34)35)9-10-23(22)38-4/h7-12,16,21H,6,13-15H2,1-5H3,(H,28,33). The lowest BCUT2D eigenvalue weighted by Gasteiger charge is -2.33. The van der Waals surface area contributed by atoms with Crippen LogP contribution in [0.5, 0.6) is 5.75 Å². The minimum Gasteiger partial charge on any atom is -0.495 e. The Morgan fingerprint density at radius 2 is 1.82 bits per heavy atom. The minimum atomic E-state index is -4.14. The fourth-order valence-electron chi connectivity index (χ4n) is 3.76. The van der Waals surface area contributed by atoms with Crippen molar-refractivity contribution in [2.24, 2.45) is 5.92 Å². The number of benzene rings is 2. The van der Waals surface area contributed by atoms with Crippen LogP contribution in [0.1, 0.15) is 32.8 Å². The van der Waals surface area contributed by atoms with Gasteiger partial charge in [-0.25, -0.2) is 8.42 Å². The summed E-state index contributed by atoms with van der Waals surface area (Å²) in [5, 5.41) is 14.8. The number of nitro benzene ring substituents is 1. The normalized spacial score (nSPS) is 12.1. The molecule has 2 rings (SSSR count). The smallest absolute Gasteiger partial charge is 0.271 e. The minimum absolute atomic E-state index is 0.00726. The Morgan fingerprint density at radius 3 is 2.33 bits per heavy atom. The lowest BCUT2D eigenvalue weighted by Crippen LogP contribution is -2.52. The molecular formula is C25H32Cl2N4O7S. The summed E-state index contributed by atoms with van der Waals surface area (Å²) in [7, 11) is -2.87. The molecule has 0 heterocycles. The van der Waals surface area contributed by atoms with Crippen LogP contribution in [-0.4, -0.2) is 62.6 Å². The highest BCUT2D eigenvalue weighted by Crippen LogP contribution is 2.34. The monoisotopic (exact) mass is 602 g/mol. The average Bonchev–Trinajstić information content (AvgIpc) is 2.85. The van der Waals surface area contributed by atoms with Gasteiger partial charge in [0.15, 0.2) is 0 Å². The van der Waals surface area contributed by atoms with Crippen molar-refractivity contribution in [2.45, 2.75) is 39.8 Å². The summed E-state index contributed by atoms with van der Waals surface area (Å²) in [4.78, 5) is 38.9. The fraction of sp³-hybridized carbons (Fsp3) is 0.440. The van der Waals surface area contributed by atoms with Gasteiger partial charge in [-0.05, 0) is 36.1 Å². The zero-order valence-electron chi connectivity index (χ0n) is 22.3. The lowest BCUT2D eigenvalue weighted by molar-refractivity contribution is -0.384. The fourth-order valence-corrected chi connectivity index (χ4v) is 5.07. The van der Waals surface area contributed by atoms with Crippen molar-refractivity contribution in [3.8, 4) is 5.75 Å². The zero-order valence-corrected chi connectivity index (χ0v) is 24.6. The van der Waals surface area contributed by atoms with Gasteiger partial charge < -0.3 is 15.0 Å². The first-order chi connectivity index (χ1) is 18.2. The Labute approximate surface area is 238 Å². The molecule has 1 atom stereocenters. The number of methoxy groups -OCH3 is 1. The molecule has 0 bridgehead atoms. The first-order valence-corrected chi connectivity index (χ1v) is 14.6. The molecule has 39 heavy (non-hydrogen) atoms. The van der Waals surface area contributed by atoms with Gasteiger partial charge in [0.25, 0.3) is 5.69 Å². The van der Waals surface area contributed by atoms with Crippen molar-refractivity contribution in [1.29, 1.82) is 0 Å². The Bertz CT molecular complexity index is 1320. The largest absolute Gasteiger partial charge is 0.495 e. The second kappa shape index (κ2) is 13.8. The summed E-state index contributed by atoms with van der Waals surface area (Å²) < 4.78 is 31.7. The van der Waals surface area contributed by atoms with E-state index in [0.29, 0.717) is 17.1 Å². The van der Waals surface area contributed by atoms with Crippen molar-refractivity contribution in [3.05, 3.63) is 62.1 Å². The van der Waals surface area contributed by atoms with Gasteiger partial charge in [-0.2, -0.15) is 0 Å². The summed E-state index contributed by atoms with van der Waals surface area (Å²) in [6.07, 6.45) is 1.09. The van der Waals surface area contributed by atoms with Crippen LogP contribution in [-0.2, 0) is 26.2 Å². The first-order valence-electron chi connectivity index (χ1n) is 12.0. The Morgan fingerprint density at radius 1 is 1.15 bits per heavy atom. The Hall–Kier alpha value is -3.09. The molecular weight excluding hydrogens is 571 g/mol. The van der Waals surface area contributed by atoms with Crippen LogP contribution in [0.2, 0.25) is 10.0 Å². The molecule has 2 aromatic rings. The van der Waals surface area contributed by atoms with Crippen LogP contribution in [0, 0.1) is 16.0 Å². The number of amides is 2. The van der Waals surface area contributed by atoms with E-state index in [1.807, 2.05) is 13.8 Å². The highest BCUT2D eigenvalue weighted by atomic mass is 35.5. The number of non-ortho nitro benzene ring substituents is 1. The maximum atomic E-state index is 13.8. The number of rotatable bonds is 13. The lowest BCUT2D eigenvalue weighted by atomic mass is 10.1. The van der Waals surface area contributed by atoms with Crippen molar-refractivity contribution in [1.82, 2.24) is 10.2 Å². The number of hydrogen-bond acceptors (Lipinski definition) is 7. The first kappa shape index (κ1) is 32.1. The van der Waals surface area contributed by atoms with Crippen LogP contribution in [0.15, 0.2) is 36.4 Å². The highest BCUT2D eigenvalue weighted by Gasteiger charge is 2.33. The van der Waals surface area contributed by atoms with Crippen molar-refractivity contribution < 1.29 is 27.7 Å². The predicted octanol–water partition coefficient (Wildman–Crippen LogP) is 4.26. The second-order valence-electron chi connectivity index (χ2n) is 9.20. The molecule has 0 aliphatic heterocycles. The second-order valence-corrected chi connectivity index (χ2v) is 12.0. The predicted molar refractivity (Wildman–Crippen MR) is 151 cm³/mol. The molecule has 1 unspecified atom stereocenters. The highest BCUT2D eigenvalue weighted by molar-refractivity contribution is 7.92. The third kappa shape index (κ3) is 8.70. The topological polar surface area (TPSA) is 139 Å². The van der Waals surface area contributed by atoms with Gasteiger partial charge in [-0.15, -0.1) is 0 Å². The number of anilines is 1. The van der Waals surface area contributed by atoms with Crippen molar-refractivity contribution in [2.75, 3.05) is 30.8 Å². The van der Waals surface area contributed by atoms with Gasteiger partial charge in [0, 0.05) is 35.3 Å². The summed E-state index contributed by atoms with van der Waals surface area (Å²) in [6, 6.07) is 7.15. The Balaban J connectivity index is 2.58. The van der Waals surface area contributed by atoms with Gasteiger partial charge >= 0.3 is 0 Å². The zero-order chi connectivity index (χ0) is 29.5. The van der Waals surface area contributed by atoms with E-state index in [1.54, 1.807) is 19.1 Å². The number of halogens is 2. The molecule has 2 aromatic carbocycles. The van der Waals surface area contributed by atoms with Gasteiger partial charge in [-0.3, -0.25) is 24.0 Å². The maximum absolute atomic E-state index is 13.8. The van der Waals surface area contributed by atoms with Gasteiger partial charge in [0.2, 0.25) is 21.8 Å². The molecule has 11 nitrogen and oxygen atoms in total. The van der Waals surface area contributed by atoms with E-state index in [1.165, 1.54) is 24.1 Å². The molecule has 0 fully saturated rings. The molecule has 0 aliphatic rings. The number of nitrogens with one attached hydrogen (secondary N) is 1. The van der Waals surface area contributed by atoms with E-state index < -0.39 is 45.0 Å². The van der Waals surface area contributed by atoms with E-state index in [-0.39, 0.29) is 35.3 Å². The molecule has 214 valence electrons. The average molecular weight is 604 g/mol. The molecule has 0 saturated carbocycles. The number of carbonyl (C=O) groups is 2. The van der Waals surface area contributed by atoms with Crippen LogP contribution in [0.4, 0.5) is 11.4 Å². The van der Waals surface area contributed by atoms with E-state index in [9.17, 15) is 28.1 Å². The molecule has 0 spiro atoms. The van der Waals surface area contributed by atoms with Crippen LogP contribution in [0.25, 0.3) is 0 Å². The molecule has 0 radical (unpaired) electrons. The molecule has 1 N–H and O–H groups in total. The summed E-state index contributed by atoms with van der Waals surface area (Å²) >= 11 is 12.4. The van der Waals surface area contributed by atoms with E-state index in [4.69, 9.17) is 27.9 Å². The third-order valence-electron chi connectivity index (χ3n) is 5.75. The number of nitro groups is 1. The van der Waals surface area contributed by atoms with Gasteiger partial charge in [0.1, 0.15) is 24.0 Å². The van der Waals surface area contributed by atoms with Gasteiger partial charge in [-0.1, -0.05) is 50.0 Å². The van der Waals surface area contributed by atoms with Crippen LogP contribution >= 0.6 is 23.2 Å². The van der Waals surface area contributed by atoms with E-state index >= 15 is 0 Å². The number of sulfonamides is 1. The quantitative estimate of drug-likeness (QED) is 0.267. The Kier molecular flexibility index (Phi) is 11.4. The molecule has 2 amide bonds. The summed E-state index contributed by atoms with van der Waals surface area (Å²) in [6.45, 7) is 5.07. The maximum Gasteiger partial charge on any atom is 0.271 e. The molecule has 14 heteroatoms. The SMILES string of the molecule is CCC(C(=O)NCC(C)C)N(Cc1ccc(Cl)cc1Cl)C(=O)CN(c1cc([N+](=O)[O-])ccc1OC)S(C)(=O)=O. The number of nitrogens with zero attached hydrogens (tertiary/aromatic N) is 3. The number of hydrogen-bond donors (Lipinski definition) is 1. The molecule has 0 aliphatic carbocycles. The summed E-state index contributed by atoms with van der Waals surface area (Å²) in [5.41, 5.74) is -0.0936. The third-order valence-corrected chi connectivity index (χ3v) is 7.46. The van der Waals surface area contributed by atoms with Crippen molar-refractivity contribution >= 4 is 56.4 Å². The summed E-state index contributed by atoms with van der Waals surface area (Å²) in [5.74, 6) is -0.980.